The third-order valence-electron chi connectivity index (χ3n) is 6.91. The number of aliphatic carboxylic acids is 1. The lowest BCUT2D eigenvalue weighted by Crippen LogP contribution is -2.54. The van der Waals surface area contributed by atoms with Crippen molar-refractivity contribution in [3.63, 3.8) is 0 Å². The van der Waals surface area contributed by atoms with Gasteiger partial charge >= 0.3 is 30.3 Å². The van der Waals surface area contributed by atoms with E-state index < -0.39 is 82.4 Å². The van der Waals surface area contributed by atoms with Gasteiger partial charge in [0.2, 0.25) is 12.2 Å². The van der Waals surface area contributed by atoms with Crippen LogP contribution in [0, 0.1) is 0 Å². The van der Waals surface area contributed by atoms with Gasteiger partial charge in [0.15, 0.2) is 0 Å². The van der Waals surface area contributed by atoms with Gasteiger partial charge in [-0.05, 0) is 84.9 Å². The number of rotatable bonds is 10. The lowest BCUT2D eigenvalue weighted by molar-refractivity contribution is -0.159. The number of carboxylic acids is 1. The van der Waals surface area contributed by atoms with Gasteiger partial charge in [-0.2, -0.15) is 26.3 Å². The number of esters is 2. The first-order valence-corrected chi connectivity index (χ1v) is 15.0. The Morgan fingerprint density at radius 2 is 1.04 bits per heavy atom. The van der Waals surface area contributed by atoms with E-state index in [9.17, 15) is 60.2 Å². The van der Waals surface area contributed by atoms with Crippen LogP contribution in [-0.2, 0) is 31.4 Å². The standard InChI is InChI=1S/C34H22ClF6N3O9/c35-23-11-7-17(8-12-23)27(45)42-24-13-9-18(10-14-24)28(46)43-44-29(47)25(52-31(50)19-3-1-5-21(15-19)33(36,37)38)26(30(48)49)53-32(51)20-4-2-6-22(16-20)34(39,40)41/h1-16,25-26H,(H,42,45)(H,43,46)(H,44,47)(H,48,49)/t25-,26+/m0/s1. The Bertz CT molecular complexity index is 2040. The van der Waals surface area contributed by atoms with Crippen LogP contribution in [0.5, 0.6) is 0 Å². The van der Waals surface area contributed by atoms with Crippen molar-refractivity contribution in [3.8, 4) is 0 Å². The highest BCUT2D eigenvalue weighted by atomic mass is 35.5. The Morgan fingerprint density at radius 3 is 1.51 bits per heavy atom. The van der Waals surface area contributed by atoms with Crippen LogP contribution in [0.1, 0.15) is 52.6 Å². The number of carbonyl (C=O) groups is 6. The number of carboxylic acid groups (broad SMARTS) is 1. The highest BCUT2D eigenvalue weighted by molar-refractivity contribution is 6.30. The second kappa shape index (κ2) is 16.3. The number of nitrogens with one attached hydrogen (secondary N) is 3. The first kappa shape index (κ1) is 39.4. The van der Waals surface area contributed by atoms with E-state index in [4.69, 9.17) is 21.1 Å². The molecule has 4 N–H and O–H groups in total. The van der Waals surface area contributed by atoms with Crippen LogP contribution in [0.2, 0.25) is 5.02 Å². The van der Waals surface area contributed by atoms with Crippen molar-refractivity contribution >= 4 is 52.9 Å². The van der Waals surface area contributed by atoms with Gasteiger partial charge in [0.05, 0.1) is 22.3 Å². The number of carbonyl (C=O) groups excluding carboxylic acids is 5. The number of hydrazine groups is 1. The zero-order chi connectivity index (χ0) is 39.1. The largest absolute Gasteiger partial charge is 0.478 e. The second-order valence-corrected chi connectivity index (χ2v) is 11.1. The lowest BCUT2D eigenvalue weighted by atomic mass is 10.1. The molecule has 0 fully saturated rings. The van der Waals surface area contributed by atoms with Crippen LogP contribution in [0.25, 0.3) is 0 Å². The van der Waals surface area contributed by atoms with Gasteiger partial charge < -0.3 is 19.9 Å². The van der Waals surface area contributed by atoms with E-state index in [1.54, 1.807) is 5.43 Å². The fourth-order valence-corrected chi connectivity index (χ4v) is 4.40. The van der Waals surface area contributed by atoms with Crippen LogP contribution in [-0.4, -0.2) is 52.9 Å². The number of benzene rings is 4. The second-order valence-electron chi connectivity index (χ2n) is 10.6. The monoisotopic (exact) mass is 765 g/mol. The summed E-state index contributed by atoms with van der Waals surface area (Å²) in [4.78, 5) is 76.3. The molecule has 0 spiro atoms. The topological polar surface area (TPSA) is 177 Å². The summed E-state index contributed by atoms with van der Waals surface area (Å²) in [7, 11) is 0. The highest BCUT2D eigenvalue weighted by Gasteiger charge is 2.42. The number of hydrogen-bond acceptors (Lipinski definition) is 8. The lowest BCUT2D eigenvalue weighted by Gasteiger charge is -2.24. The summed E-state index contributed by atoms with van der Waals surface area (Å²) in [6.07, 6.45) is -15.5. The fraction of sp³-hybridized carbons (Fsp3) is 0.118. The van der Waals surface area contributed by atoms with Crippen molar-refractivity contribution in [3.05, 3.63) is 135 Å². The summed E-state index contributed by atoms with van der Waals surface area (Å²) in [6.45, 7) is 0. The molecule has 12 nitrogen and oxygen atoms in total. The van der Waals surface area contributed by atoms with Crippen LogP contribution in [0.3, 0.4) is 0 Å². The molecule has 2 atom stereocenters. The molecule has 0 saturated carbocycles. The third-order valence-corrected chi connectivity index (χ3v) is 7.16. The van der Waals surface area contributed by atoms with E-state index in [0.29, 0.717) is 29.3 Å². The van der Waals surface area contributed by atoms with Crippen LogP contribution >= 0.6 is 11.6 Å². The summed E-state index contributed by atoms with van der Waals surface area (Å²) in [5.41, 5.74) is -0.365. The molecule has 3 amide bonds. The molecule has 0 radical (unpaired) electrons. The van der Waals surface area contributed by atoms with Gasteiger partial charge in [-0.15, -0.1) is 0 Å². The molecule has 0 bridgehead atoms. The first-order valence-electron chi connectivity index (χ1n) is 14.6. The zero-order valence-electron chi connectivity index (χ0n) is 26.3. The van der Waals surface area contributed by atoms with Gasteiger partial charge in [-0.1, -0.05) is 23.7 Å². The minimum absolute atomic E-state index is 0.155. The van der Waals surface area contributed by atoms with Gasteiger partial charge in [0, 0.05) is 21.8 Å². The summed E-state index contributed by atoms with van der Waals surface area (Å²) in [5, 5.41) is 12.8. The number of alkyl halides is 6. The van der Waals surface area contributed by atoms with E-state index in [0.717, 1.165) is 24.3 Å². The summed E-state index contributed by atoms with van der Waals surface area (Å²) < 4.78 is 89.0. The molecular formula is C34H22ClF6N3O9. The molecule has 4 aromatic rings. The summed E-state index contributed by atoms with van der Waals surface area (Å²) in [6, 6.07) is 15.9. The number of anilines is 1. The number of ether oxygens (including phenoxy) is 2. The van der Waals surface area contributed by atoms with Crippen molar-refractivity contribution < 1.29 is 69.7 Å². The van der Waals surface area contributed by atoms with Gasteiger partial charge in [0.25, 0.3) is 17.7 Å². The molecule has 0 aliphatic heterocycles. The molecule has 4 aromatic carbocycles. The van der Waals surface area contributed by atoms with Gasteiger partial charge in [-0.25, -0.2) is 14.4 Å². The predicted octanol–water partition coefficient (Wildman–Crippen LogP) is 5.93. The number of amides is 3. The van der Waals surface area contributed by atoms with Crippen LogP contribution < -0.4 is 16.2 Å². The smallest absolute Gasteiger partial charge is 0.416 e. The molecule has 0 unspecified atom stereocenters. The predicted molar refractivity (Wildman–Crippen MR) is 170 cm³/mol. The Kier molecular flexibility index (Phi) is 12.1. The molecule has 0 saturated heterocycles. The Balaban J connectivity index is 1.54. The minimum Gasteiger partial charge on any atom is -0.478 e. The van der Waals surface area contributed by atoms with E-state index in [-0.39, 0.29) is 16.8 Å². The van der Waals surface area contributed by atoms with E-state index >= 15 is 0 Å². The SMILES string of the molecule is O=C(NNC(=O)[C@@H](OC(=O)c1cccc(C(F)(F)F)c1)[C@@H](OC(=O)c1cccc(C(F)(F)F)c1)C(=O)O)c1ccc(NC(=O)c2ccc(Cl)cc2)cc1. The van der Waals surface area contributed by atoms with Crippen LogP contribution in [0.4, 0.5) is 32.0 Å². The molecule has 0 aliphatic rings. The van der Waals surface area contributed by atoms with Crippen molar-refractivity contribution in [2.24, 2.45) is 0 Å². The average molecular weight is 766 g/mol. The minimum atomic E-state index is -4.94. The number of hydrogen-bond donors (Lipinski definition) is 4. The molecule has 0 heterocycles. The highest BCUT2D eigenvalue weighted by Crippen LogP contribution is 2.31. The molecule has 4 rings (SSSR count). The summed E-state index contributed by atoms with van der Waals surface area (Å²) >= 11 is 5.81. The van der Waals surface area contributed by atoms with Crippen molar-refractivity contribution in [1.29, 1.82) is 0 Å². The molecule has 276 valence electrons. The maximum absolute atomic E-state index is 13.3. The Morgan fingerprint density at radius 1 is 0.585 bits per heavy atom. The van der Waals surface area contributed by atoms with E-state index in [1.165, 1.54) is 48.5 Å². The molecule has 0 aromatic heterocycles. The zero-order valence-corrected chi connectivity index (χ0v) is 27.0. The maximum atomic E-state index is 13.3. The normalized spacial score (nSPS) is 12.4. The molecule has 0 aliphatic carbocycles. The third kappa shape index (κ3) is 10.5. The van der Waals surface area contributed by atoms with Gasteiger partial charge in [-0.3, -0.25) is 25.2 Å². The molecule has 53 heavy (non-hydrogen) atoms. The summed E-state index contributed by atoms with van der Waals surface area (Å²) in [5.74, 6) is -8.92. The Hall–Kier alpha value is -6.43. The number of halogens is 7. The van der Waals surface area contributed by atoms with Gasteiger partial charge in [0.1, 0.15) is 0 Å². The van der Waals surface area contributed by atoms with Crippen molar-refractivity contribution in [2.45, 2.75) is 24.6 Å². The van der Waals surface area contributed by atoms with E-state index in [2.05, 4.69) is 5.32 Å². The first-order chi connectivity index (χ1) is 24.8. The van der Waals surface area contributed by atoms with Crippen molar-refractivity contribution in [1.82, 2.24) is 10.9 Å². The van der Waals surface area contributed by atoms with Crippen LogP contribution in [0.15, 0.2) is 97.1 Å². The van der Waals surface area contributed by atoms with E-state index in [1.807, 2.05) is 5.43 Å². The molecule has 19 heteroatoms. The maximum Gasteiger partial charge on any atom is 0.416 e. The van der Waals surface area contributed by atoms with Crippen molar-refractivity contribution in [2.75, 3.05) is 5.32 Å². The average Bonchev–Trinajstić information content (AvgIpc) is 3.11. The fourth-order valence-electron chi connectivity index (χ4n) is 4.28. The quantitative estimate of drug-likeness (QED) is 0.0867. The Labute approximate surface area is 298 Å². The molecular weight excluding hydrogens is 744 g/mol.